The van der Waals surface area contributed by atoms with Crippen molar-refractivity contribution in [2.75, 3.05) is 18.4 Å². The largest absolute Gasteiger partial charge is 0.370 e. The van der Waals surface area contributed by atoms with Crippen LogP contribution in [0.25, 0.3) is 17.0 Å². The SMILES string of the molecule is CCCc1cc(NCCCN)n2nc(-c3ccccn3)cc2n1. The number of pyridine rings is 1. The van der Waals surface area contributed by atoms with Crippen LogP contribution in [0.1, 0.15) is 25.5 Å². The fourth-order valence-electron chi connectivity index (χ4n) is 2.49. The standard InChI is InChI=1S/C17H22N6/c1-2-6-13-11-16(20-10-5-8-18)23-17(21-13)12-15(22-23)14-7-3-4-9-19-14/h3-4,7,9,11-12,20H,2,5-6,8,10,18H2,1H3. The lowest BCUT2D eigenvalue weighted by Crippen LogP contribution is -2.12. The van der Waals surface area contributed by atoms with Gasteiger partial charge in [-0.2, -0.15) is 9.61 Å². The van der Waals surface area contributed by atoms with Gasteiger partial charge in [0.05, 0.1) is 5.69 Å². The second-order valence-corrected chi connectivity index (χ2v) is 5.47. The lowest BCUT2D eigenvalue weighted by molar-refractivity contribution is 0.835. The van der Waals surface area contributed by atoms with Crippen molar-refractivity contribution in [1.29, 1.82) is 0 Å². The Labute approximate surface area is 135 Å². The minimum atomic E-state index is 0.668. The summed E-state index contributed by atoms with van der Waals surface area (Å²) in [6, 6.07) is 9.87. The van der Waals surface area contributed by atoms with E-state index in [-0.39, 0.29) is 0 Å². The molecule has 0 atom stereocenters. The Hall–Kier alpha value is -2.47. The van der Waals surface area contributed by atoms with E-state index in [0.717, 1.165) is 54.4 Å². The van der Waals surface area contributed by atoms with Crippen LogP contribution in [-0.2, 0) is 6.42 Å². The highest BCUT2D eigenvalue weighted by Gasteiger charge is 2.11. The molecule has 0 aromatic carbocycles. The van der Waals surface area contributed by atoms with Gasteiger partial charge >= 0.3 is 0 Å². The number of aromatic nitrogens is 4. The van der Waals surface area contributed by atoms with Crippen molar-refractivity contribution in [3.8, 4) is 11.4 Å². The van der Waals surface area contributed by atoms with Crippen LogP contribution < -0.4 is 11.1 Å². The number of nitrogens with two attached hydrogens (primary N) is 1. The molecule has 3 N–H and O–H groups in total. The molecule has 6 heteroatoms. The molecule has 0 aliphatic carbocycles. The molecule has 3 rings (SSSR count). The summed E-state index contributed by atoms with van der Waals surface area (Å²) in [5.41, 5.74) is 9.17. The summed E-state index contributed by atoms with van der Waals surface area (Å²) in [5.74, 6) is 0.953. The van der Waals surface area contributed by atoms with Crippen molar-refractivity contribution in [3.63, 3.8) is 0 Å². The molecular formula is C17H22N6. The lowest BCUT2D eigenvalue weighted by atomic mass is 10.2. The van der Waals surface area contributed by atoms with Gasteiger partial charge < -0.3 is 11.1 Å². The maximum Gasteiger partial charge on any atom is 0.158 e. The van der Waals surface area contributed by atoms with Gasteiger partial charge in [0.25, 0.3) is 0 Å². The molecule has 3 aromatic heterocycles. The first-order valence-electron chi connectivity index (χ1n) is 8.07. The van der Waals surface area contributed by atoms with Crippen LogP contribution in [0.5, 0.6) is 0 Å². The average Bonchev–Trinajstić information content (AvgIpc) is 3.00. The second-order valence-electron chi connectivity index (χ2n) is 5.47. The number of aryl methyl sites for hydroxylation is 1. The molecule has 0 unspecified atom stereocenters. The lowest BCUT2D eigenvalue weighted by Gasteiger charge is -2.09. The molecule has 0 saturated carbocycles. The minimum Gasteiger partial charge on any atom is -0.370 e. The summed E-state index contributed by atoms with van der Waals surface area (Å²) in [6.45, 7) is 3.64. The monoisotopic (exact) mass is 310 g/mol. The van der Waals surface area contributed by atoms with Crippen molar-refractivity contribution < 1.29 is 0 Å². The molecule has 0 radical (unpaired) electrons. The van der Waals surface area contributed by atoms with Gasteiger partial charge in [-0.05, 0) is 31.5 Å². The zero-order valence-corrected chi connectivity index (χ0v) is 13.4. The molecule has 0 saturated heterocycles. The summed E-state index contributed by atoms with van der Waals surface area (Å²) in [7, 11) is 0. The molecule has 0 amide bonds. The molecule has 0 fully saturated rings. The fourth-order valence-corrected chi connectivity index (χ4v) is 2.49. The Morgan fingerprint density at radius 3 is 2.87 bits per heavy atom. The van der Waals surface area contributed by atoms with Gasteiger partial charge in [-0.1, -0.05) is 19.4 Å². The fraction of sp³-hybridized carbons (Fsp3) is 0.353. The number of hydrogen-bond acceptors (Lipinski definition) is 5. The van der Waals surface area contributed by atoms with E-state index in [1.807, 2.05) is 28.8 Å². The van der Waals surface area contributed by atoms with Gasteiger partial charge in [-0.15, -0.1) is 0 Å². The van der Waals surface area contributed by atoms with E-state index < -0.39 is 0 Å². The Morgan fingerprint density at radius 1 is 1.22 bits per heavy atom. The van der Waals surface area contributed by atoms with Gasteiger partial charge in [-0.3, -0.25) is 4.98 Å². The molecule has 0 spiro atoms. The smallest absolute Gasteiger partial charge is 0.158 e. The van der Waals surface area contributed by atoms with E-state index in [0.29, 0.717) is 6.54 Å². The van der Waals surface area contributed by atoms with Crippen LogP contribution in [-0.4, -0.2) is 32.7 Å². The zero-order valence-electron chi connectivity index (χ0n) is 13.4. The van der Waals surface area contributed by atoms with Crippen LogP contribution in [0.15, 0.2) is 36.5 Å². The van der Waals surface area contributed by atoms with Crippen molar-refractivity contribution in [2.24, 2.45) is 5.73 Å². The topological polar surface area (TPSA) is 81.1 Å². The summed E-state index contributed by atoms with van der Waals surface area (Å²) in [4.78, 5) is 9.08. The average molecular weight is 310 g/mol. The Kier molecular flexibility index (Phi) is 4.83. The van der Waals surface area contributed by atoms with E-state index in [9.17, 15) is 0 Å². The van der Waals surface area contributed by atoms with E-state index in [2.05, 4.69) is 28.4 Å². The molecule has 3 heterocycles. The van der Waals surface area contributed by atoms with Gasteiger partial charge in [0.1, 0.15) is 11.5 Å². The molecule has 6 nitrogen and oxygen atoms in total. The third kappa shape index (κ3) is 3.48. The number of fused-ring (bicyclic) bond motifs is 1. The van der Waals surface area contributed by atoms with Crippen molar-refractivity contribution in [3.05, 3.63) is 42.2 Å². The predicted octanol–water partition coefficient (Wildman–Crippen LogP) is 2.50. The van der Waals surface area contributed by atoms with Crippen molar-refractivity contribution >= 4 is 11.5 Å². The Balaban J connectivity index is 2.02. The number of rotatable bonds is 7. The molecule has 0 aliphatic rings. The van der Waals surface area contributed by atoms with Crippen LogP contribution in [0, 0.1) is 0 Å². The highest BCUT2D eigenvalue weighted by Crippen LogP contribution is 2.20. The number of hydrogen-bond donors (Lipinski definition) is 2. The number of nitrogens with one attached hydrogen (secondary N) is 1. The Bertz CT molecular complexity index is 765. The summed E-state index contributed by atoms with van der Waals surface area (Å²) in [5, 5.41) is 8.07. The summed E-state index contributed by atoms with van der Waals surface area (Å²) in [6.07, 6.45) is 4.70. The first-order chi connectivity index (χ1) is 11.3. The van der Waals surface area contributed by atoms with Crippen molar-refractivity contribution in [1.82, 2.24) is 19.6 Å². The molecule has 0 aliphatic heterocycles. The van der Waals surface area contributed by atoms with Crippen LogP contribution >= 0.6 is 0 Å². The quantitative estimate of drug-likeness (QED) is 0.655. The number of nitrogens with zero attached hydrogens (tertiary/aromatic N) is 4. The molecule has 120 valence electrons. The van der Waals surface area contributed by atoms with Gasteiger partial charge in [0.15, 0.2) is 5.65 Å². The Morgan fingerprint density at radius 2 is 2.13 bits per heavy atom. The molecule has 0 bridgehead atoms. The van der Waals surface area contributed by atoms with E-state index >= 15 is 0 Å². The zero-order chi connectivity index (χ0) is 16.1. The first-order valence-corrected chi connectivity index (χ1v) is 8.07. The third-order valence-electron chi connectivity index (χ3n) is 3.60. The minimum absolute atomic E-state index is 0.668. The first kappa shape index (κ1) is 15.4. The highest BCUT2D eigenvalue weighted by molar-refractivity contribution is 5.62. The van der Waals surface area contributed by atoms with Crippen LogP contribution in [0.4, 0.5) is 5.82 Å². The van der Waals surface area contributed by atoms with Gasteiger partial charge in [-0.25, -0.2) is 4.98 Å². The maximum absolute atomic E-state index is 5.58. The maximum atomic E-state index is 5.58. The second kappa shape index (κ2) is 7.19. The van der Waals surface area contributed by atoms with Gasteiger partial charge in [0, 0.05) is 30.6 Å². The predicted molar refractivity (Wildman–Crippen MR) is 92.4 cm³/mol. The van der Waals surface area contributed by atoms with Crippen LogP contribution in [0.3, 0.4) is 0 Å². The van der Waals surface area contributed by atoms with Crippen molar-refractivity contribution in [2.45, 2.75) is 26.2 Å². The van der Waals surface area contributed by atoms with E-state index in [1.54, 1.807) is 6.20 Å². The van der Waals surface area contributed by atoms with Gasteiger partial charge in [0.2, 0.25) is 0 Å². The summed E-state index contributed by atoms with van der Waals surface area (Å²) < 4.78 is 1.85. The number of anilines is 1. The molecule has 23 heavy (non-hydrogen) atoms. The third-order valence-corrected chi connectivity index (χ3v) is 3.60. The van der Waals surface area contributed by atoms with E-state index in [4.69, 9.17) is 10.7 Å². The summed E-state index contributed by atoms with van der Waals surface area (Å²) >= 11 is 0. The van der Waals surface area contributed by atoms with E-state index in [1.165, 1.54) is 0 Å². The van der Waals surface area contributed by atoms with Crippen LogP contribution in [0.2, 0.25) is 0 Å². The highest BCUT2D eigenvalue weighted by atomic mass is 15.3. The molecular weight excluding hydrogens is 288 g/mol. The normalized spacial score (nSPS) is 11.0. The molecule has 3 aromatic rings.